The van der Waals surface area contributed by atoms with Crippen LogP contribution in [-0.2, 0) is 32.6 Å². The second-order valence-corrected chi connectivity index (χ2v) is 14.1. The van der Waals surface area contributed by atoms with Gasteiger partial charge in [0.15, 0.2) is 0 Å². The molecule has 0 aromatic heterocycles. The maximum atomic E-state index is 14.7. The number of aryl methyl sites for hydroxylation is 2. The molecule has 1 saturated carbocycles. The maximum Gasteiger partial charge on any atom is 0.264 e. The van der Waals surface area contributed by atoms with Crippen LogP contribution < -0.4 is 14.4 Å². The maximum absolute atomic E-state index is 14.7. The van der Waals surface area contributed by atoms with E-state index >= 15 is 0 Å². The third kappa shape index (κ3) is 8.60. The Bertz CT molecular complexity index is 1770. The second-order valence-electron chi connectivity index (χ2n) is 12.2. The third-order valence-corrected chi connectivity index (χ3v) is 10.4. The van der Waals surface area contributed by atoms with E-state index in [0.717, 1.165) is 52.2 Å². The number of sulfonamides is 1. The summed E-state index contributed by atoms with van der Waals surface area (Å²) in [5.41, 5.74) is 3.96. The highest BCUT2D eigenvalue weighted by molar-refractivity contribution is 7.92. The highest BCUT2D eigenvalue weighted by Crippen LogP contribution is 2.28. The molecule has 5 rings (SSSR count). The summed E-state index contributed by atoms with van der Waals surface area (Å²) in [4.78, 5) is 30.4. The topological polar surface area (TPSA) is 96.0 Å². The molecule has 0 unspecified atom stereocenters. The highest BCUT2D eigenvalue weighted by atomic mass is 32.2. The normalized spacial score (nSPS) is 13.9. The SMILES string of the molecule is COc1cccc(N(CC(=O)N(Cc2cccc(C)c2)[C@H](Cc2ccccc2)C(=O)NC2CCCC2)S(=O)(=O)c2ccc(C)cc2)c1. The zero-order valence-electron chi connectivity index (χ0n) is 27.3. The Kier molecular flexibility index (Phi) is 11.0. The van der Waals surface area contributed by atoms with Crippen molar-refractivity contribution in [2.75, 3.05) is 18.0 Å². The number of nitrogens with one attached hydrogen (secondary N) is 1. The van der Waals surface area contributed by atoms with E-state index in [-0.39, 0.29) is 35.5 Å². The Morgan fingerprint density at radius 2 is 1.51 bits per heavy atom. The largest absolute Gasteiger partial charge is 0.497 e. The summed E-state index contributed by atoms with van der Waals surface area (Å²) in [6, 6.07) is 29.8. The van der Waals surface area contributed by atoms with Crippen molar-refractivity contribution in [1.29, 1.82) is 0 Å². The minimum atomic E-state index is -4.20. The van der Waals surface area contributed by atoms with Crippen LogP contribution in [0.15, 0.2) is 108 Å². The number of benzene rings is 4. The fourth-order valence-electron chi connectivity index (χ4n) is 6.06. The van der Waals surface area contributed by atoms with Crippen LogP contribution in [0.1, 0.15) is 47.9 Å². The quantitative estimate of drug-likeness (QED) is 0.185. The van der Waals surface area contributed by atoms with E-state index in [1.807, 2.05) is 68.4 Å². The Balaban J connectivity index is 1.58. The van der Waals surface area contributed by atoms with Gasteiger partial charge in [-0.15, -0.1) is 0 Å². The standard InChI is InChI=1S/C38H43N3O5S/c1-28-19-21-35(22-20-28)47(44,45)41(33-17-10-18-34(25-33)46-3)27-37(42)40(26-31-14-9-11-29(2)23-31)36(24-30-12-5-4-6-13-30)38(43)39-32-15-7-8-16-32/h4-6,9-14,17-23,25,32,36H,7-8,15-16,24,26-27H2,1-3H3,(H,39,43)/t36-/m1/s1. The molecule has 0 spiro atoms. The minimum absolute atomic E-state index is 0.0480. The van der Waals surface area contributed by atoms with Crippen LogP contribution in [0.5, 0.6) is 5.75 Å². The molecule has 9 heteroatoms. The fourth-order valence-corrected chi connectivity index (χ4v) is 7.47. The average molecular weight is 654 g/mol. The molecule has 2 amide bonds. The van der Waals surface area contributed by atoms with Crippen molar-refractivity contribution in [3.8, 4) is 5.75 Å². The number of rotatable bonds is 13. The summed E-state index contributed by atoms with van der Waals surface area (Å²) in [7, 11) is -2.69. The predicted molar refractivity (Wildman–Crippen MR) is 185 cm³/mol. The Hall–Kier alpha value is -4.63. The van der Waals surface area contributed by atoms with Gasteiger partial charge in [-0.1, -0.05) is 96.8 Å². The van der Waals surface area contributed by atoms with Crippen LogP contribution in [0.4, 0.5) is 5.69 Å². The number of carbonyl (C=O) groups is 2. The fraction of sp³-hybridized carbons (Fsp3) is 0.316. The summed E-state index contributed by atoms with van der Waals surface area (Å²) in [6.07, 6.45) is 4.17. The second kappa shape index (κ2) is 15.3. The number of amides is 2. The molecule has 246 valence electrons. The first-order valence-corrected chi connectivity index (χ1v) is 17.5. The van der Waals surface area contributed by atoms with E-state index in [2.05, 4.69) is 5.32 Å². The van der Waals surface area contributed by atoms with Crippen LogP contribution in [0.2, 0.25) is 0 Å². The summed E-state index contributed by atoms with van der Waals surface area (Å²) in [5.74, 6) is -0.280. The summed E-state index contributed by atoms with van der Waals surface area (Å²) in [5, 5.41) is 3.21. The van der Waals surface area contributed by atoms with Crippen molar-refractivity contribution in [3.05, 3.63) is 125 Å². The lowest BCUT2D eigenvalue weighted by Gasteiger charge is -2.34. The number of hydrogen-bond acceptors (Lipinski definition) is 5. The Labute approximate surface area is 278 Å². The first kappa shape index (κ1) is 33.7. The summed E-state index contributed by atoms with van der Waals surface area (Å²) < 4.78 is 35.1. The van der Waals surface area contributed by atoms with Crippen LogP contribution in [0.3, 0.4) is 0 Å². The number of carbonyl (C=O) groups excluding carboxylic acids is 2. The molecular weight excluding hydrogens is 611 g/mol. The van der Waals surface area contributed by atoms with E-state index in [1.165, 1.54) is 7.11 Å². The molecule has 4 aromatic carbocycles. The third-order valence-electron chi connectivity index (χ3n) is 8.64. The number of ether oxygens (including phenoxy) is 1. The monoisotopic (exact) mass is 653 g/mol. The minimum Gasteiger partial charge on any atom is -0.497 e. The van der Waals surface area contributed by atoms with E-state index in [1.54, 1.807) is 53.4 Å². The molecule has 1 N–H and O–H groups in total. The molecule has 1 aliphatic rings. The van der Waals surface area contributed by atoms with Crippen LogP contribution in [0.25, 0.3) is 0 Å². The molecule has 0 aliphatic heterocycles. The van der Waals surface area contributed by atoms with Crippen molar-refractivity contribution < 1.29 is 22.7 Å². The summed E-state index contributed by atoms with van der Waals surface area (Å²) in [6.45, 7) is 3.47. The zero-order chi connectivity index (χ0) is 33.4. The van der Waals surface area contributed by atoms with E-state index in [4.69, 9.17) is 4.74 Å². The molecular formula is C38H43N3O5S. The first-order chi connectivity index (χ1) is 22.6. The molecule has 8 nitrogen and oxygen atoms in total. The first-order valence-electron chi connectivity index (χ1n) is 16.1. The van der Waals surface area contributed by atoms with Gasteiger partial charge in [0.25, 0.3) is 10.0 Å². The lowest BCUT2D eigenvalue weighted by atomic mass is 10.0. The zero-order valence-corrected chi connectivity index (χ0v) is 28.1. The van der Waals surface area contributed by atoms with Crippen molar-refractivity contribution in [3.63, 3.8) is 0 Å². The van der Waals surface area contributed by atoms with Gasteiger partial charge < -0.3 is 15.0 Å². The van der Waals surface area contributed by atoms with Crippen LogP contribution in [-0.4, -0.2) is 50.9 Å². The van der Waals surface area contributed by atoms with Crippen molar-refractivity contribution >= 4 is 27.5 Å². The van der Waals surface area contributed by atoms with Crippen molar-refractivity contribution in [2.24, 2.45) is 0 Å². The lowest BCUT2D eigenvalue weighted by Crippen LogP contribution is -2.54. The van der Waals surface area contributed by atoms with Gasteiger partial charge in [-0.05, 0) is 62.1 Å². The van der Waals surface area contributed by atoms with Gasteiger partial charge in [0.1, 0.15) is 18.3 Å². The molecule has 0 radical (unpaired) electrons. The number of hydrogen-bond donors (Lipinski definition) is 1. The van der Waals surface area contributed by atoms with E-state index < -0.39 is 28.5 Å². The van der Waals surface area contributed by atoms with Crippen LogP contribution >= 0.6 is 0 Å². The Morgan fingerprint density at radius 3 is 2.19 bits per heavy atom. The summed E-state index contributed by atoms with van der Waals surface area (Å²) >= 11 is 0. The van der Waals surface area contributed by atoms with Gasteiger partial charge >= 0.3 is 0 Å². The molecule has 47 heavy (non-hydrogen) atoms. The lowest BCUT2D eigenvalue weighted by molar-refractivity contribution is -0.140. The molecule has 0 heterocycles. The van der Waals surface area contributed by atoms with Gasteiger partial charge in [-0.3, -0.25) is 13.9 Å². The molecule has 0 saturated heterocycles. The number of anilines is 1. The van der Waals surface area contributed by atoms with Crippen molar-refractivity contribution in [1.82, 2.24) is 10.2 Å². The van der Waals surface area contributed by atoms with Gasteiger partial charge in [-0.25, -0.2) is 8.42 Å². The Morgan fingerprint density at radius 1 is 0.830 bits per heavy atom. The molecule has 4 aromatic rings. The smallest absolute Gasteiger partial charge is 0.264 e. The average Bonchev–Trinajstić information content (AvgIpc) is 3.59. The molecule has 1 aliphatic carbocycles. The number of methoxy groups -OCH3 is 1. The van der Waals surface area contributed by atoms with E-state index in [9.17, 15) is 18.0 Å². The predicted octanol–water partition coefficient (Wildman–Crippen LogP) is 6.21. The van der Waals surface area contributed by atoms with Crippen LogP contribution in [0, 0.1) is 13.8 Å². The molecule has 0 bridgehead atoms. The van der Waals surface area contributed by atoms with Gasteiger partial charge in [0.05, 0.1) is 17.7 Å². The number of nitrogens with zero attached hydrogens (tertiary/aromatic N) is 2. The van der Waals surface area contributed by atoms with Crippen molar-refractivity contribution in [2.45, 2.75) is 69.5 Å². The molecule has 1 atom stereocenters. The van der Waals surface area contributed by atoms with Gasteiger partial charge in [0.2, 0.25) is 11.8 Å². The van der Waals surface area contributed by atoms with Gasteiger partial charge in [-0.2, -0.15) is 0 Å². The van der Waals surface area contributed by atoms with E-state index in [0.29, 0.717) is 5.75 Å². The highest BCUT2D eigenvalue weighted by Gasteiger charge is 2.35. The molecule has 1 fully saturated rings. The van der Waals surface area contributed by atoms with Gasteiger partial charge in [0, 0.05) is 25.1 Å².